The Bertz CT molecular complexity index is 607. The third-order valence-corrected chi connectivity index (χ3v) is 13.2. The quantitative estimate of drug-likeness (QED) is 0.0555. The molecule has 1 nitrogen and oxygen atoms in total. The van der Waals surface area contributed by atoms with Crippen molar-refractivity contribution in [3.05, 3.63) is 0 Å². The van der Waals surface area contributed by atoms with Gasteiger partial charge in [-0.2, -0.15) is 0 Å². The van der Waals surface area contributed by atoms with Crippen LogP contribution < -0.4 is 0 Å². The Morgan fingerprint density at radius 1 is 0.143 bits per heavy atom. The van der Waals surface area contributed by atoms with Gasteiger partial charge in [0.05, 0.1) is 0 Å². The van der Waals surface area contributed by atoms with Crippen molar-refractivity contribution in [2.45, 2.75) is 335 Å². The third-order valence-electron chi connectivity index (χ3n) is 13.2. The van der Waals surface area contributed by atoms with Gasteiger partial charge in [-0.25, -0.2) is 0 Å². The molecule has 0 saturated carbocycles. The summed E-state index contributed by atoms with van der Waals surface area (Å²) in [6.45, 7) is 11.1. The summed E-state index contributed by atoms with van der Waals surface area (Å²) in [5, 5.41) is 0. The Hall–Kier alpha value is -0.0400. The van der Waals surface area contributed by atoms with E-state index in [9.17, 15) is 0 Å². The molecule has 0 aliphatic heterocycles. The monoisotopic (exact) mass is 788 g/mol. The number of hydrogen-bond acceptors (Lipinski definition) is 1. The van der Waals surface area contributed by atoms with Crippen molar-refractivity contribution in [3.8, 4) is 0 Å². The van der Waals surface area contributed by atoms with Gasteiger partial charge in [0.25, 0.3) is 0 Å². The van der Waals surface area contributed by atoms with E-state index in [1.165, 1.54) is 334 Å². The van der Waals surface area contributed by atoms with Gasteiger partial charge >= 0.3 is 0 Å². The molecule has 0 spiro atoms. The van der Waals surface area contributed by atoms with Gasteiger partial charge in [0.2, 0.25) is 0 Å². The molecule has 0 bridgehead atoms. The number of nitrogens with zero attached hydrogens (tertiary/aromatic N) is 1. The minimum absolute atomic E-state index is 1.37. The van der Waals surface area contributed by atoms with E-state index in [0.29, 0.717) is 0 Å². The second kappa shape index (κ2) is 53.0. The number of rotatable bonds is 52. The lowest BCUT2D eigenvalue weighted by molar-refractivity contribution is 0.254. The predicted molar refractivity (Wildman–Crippen MR) is 260 cm³/mol. The van der Waals surface area contributed by atoms with Crippen molar-refractivity contribution in [2.24, 2.45) is 0 Å². The molecule has 0 unspecified atom stereocenters. The fraction of sp³-hybridized carbons (Fsp3) is 1.00. The normalized spacial score (nSPS) is 11.8. The average Bonchev–Trinajstić information content (AvgIpc) is 3.21. The maximum absolute atomic E-state index is 2.89. The standard InChI is InChI=1S/C55H113N/c1-4-7-10-13-16-19-22-25-28-31-34-37-40-43-46-49-52-55-56(53-50-47-44-41-38-35-32-29-26-23-20-17-14-11-8-5-2)54-51-48-45-42-39-36-33-30-27-24-21-18-15-12-9-6-3/h4-55H2,1-3H3. The Labute approximate surface area is 358 Å². The summed E-state index contributed by atoms with van der Waals surface area (Å²) in [7, 11) is 0. The lowest BCUT2D eigenvalue weighted by Gasteiger charge is -2.22. The molecule has 0 aromatic rings. The molecule has 0 heterocycles. The van der Waals surface area contributed by atoms with Crippen molar-refractivity contribution >= 4 is 0 Å². The smallest absolute Gasteiger partial charge is 0.00187 e. The fourth-order valence-electron chi connectivity index (χ4n) is 9.16. The van der Waals surface area contributed by atoms with Crippen LogP contribution in [0.15, 0.2) is 0 Å². The first-order chi connectivity index (χ1) is 27.8. The molecule has 0 radical (unpaired) electrons. The molecule has 0 aromatic heterocycles. The van der Waals surface area contributed by atoms with Crippen LogP contribution in [-0.2, 0) is 0 Å². The van der Waals surface area contributed by atoms with Gasteiger partial charge in [0.1, 0.15) is 0 Å². The fourth-order valence-corrected chi connectivity index (χ4v) is 9.16. The molecule has 0 saturated heterocycles. The summed E-state index contributed by atoms with van der Waals surface area (Å²) in [5.41, 5.74) is 0. The Kier molecular flexibility index (Phi) is 52.9. The summed E-state index contributed by atoms with van der Waals surface area (Å²) in [6.07, 6.45) is 72.0. The zero-order chi connectivity index (χ0) is 40.3. The van der Waals surface area contributed by atoms with Crippen LogP contribution in [0.1, 0.15) is 335 Å². The maximum Gasteiger partial charge on any atom is -0.00187 e. The highest BCUT2D eigenvalue weighted by molar-refractivity contribution is 4.61. The minimum atomic E-state index is 1.37. The van der Waals surface area contributed by atoms with E-state index in [-0.39, 0.29) is 0 Å². The molecular weight excluding hydrogens is 675 g/mol. The van der Waals surface area contributed by atoms with Crippen LogP contribution in [0.3, 0.4) is 0 Å². The van der Waals surface area contributed by atoms with Crippen molar-refractivity contribution in [1.29, 1.82) is 0 Å². The van der Waals surface area contributed by atoms with Gasteiger partial charge in [0.15, 0.2) is 0 Å². The molecule has 0 aromatic carbocycles. The molecule has 0 fully saturated rings. The lowest BCUT2D eigenvalue weighted by atomic mass is 10.0. The second-order valence-electron chi connectivity index (χ2n) is 19.1. The van der Waals surface area contributed by atoms with E-state index in [0.717, 1.165) is 0 Å². The lowest BCUT2D eigenvalue weighted by Crippen LogP contribution is -2.27. The van der Waals surface area contributed by atoms with Crippen LogP contribution in [-0.4, -0.2) is 24.5 Å². The first-order valence-electron chi connectivity index (χ1n) is 27.6. The molecule has 0 rings (SSSR count). The first kappa shape index (κ1) is 56.0. The Balaban J connectivity index is 3.95. The zero-order valence-electron chi connectivity index (χ0n) is 40.2. The summed E-state index contributed by atoms with van der Waals surface area (Å²) >= 11 is 0. The van der Waals surface area contributed by atoms with E-state index in [4.69, 9.17) is 0 Å². The molecule has 338 valence electrons. The Morgan fingerprint density at radius 2 is 0.250 bits per heavy atom. The van der Waals surface area contributed by atoms with E-state index < -0.39 is 0 Å². The molecule has 0 atom stereocenters. The summed E-state index contributed by atoms with van der Waals surface area (Å²) in [4.78, 5) is 2.89. The molecule has 1 heteroatoms. The van der Waals surface area contributed by atoms with E-state index >= 15 is 0 Å². The van der Waals surface area contributed by atoms with Crippen LogP contribution >= 0.6 is 0 Å². The van der Waals surface area contributed by atoms with Crippen LogP contribution in [0.4, 0.5) is 0 Å². The van der Waals surface area contributed by atoms with E-state index in [1.54, 1.807) is 0 Å². The van der Waals surface area contributed by atoms with Gasteiger partial charge in [0, 0.05) is 0 Å². The number of unbranched alkanes of at least 4 members (excludes halogenated alkanes) is 46. The van der Waals surface area contributed by atoms with Crippen LogP contribution in [0.2, 0.25) is 0 Å². The SMILES string of the molecule is CCCCCCCCCCCCCCCCCCCN(CCCCCCCCCCCCCCCCCC)CCCCCCCCCCCCCCCCCC. The summed E-state index contributed by atoms with van der Waals surface area (Å²) in [5.74, 6) is 0. The molecule has 0 aliphatic carbocycles. The highest BCUT2D eigenvalue weighted by Crippen LogP contribution is 2.18. The molecular formula is C55H113N. The Morgan fingerprint density at radius 3 is 0.375 bits per heavy atom. The second-order valence-corrected chi connectivity index (χ2v) is 19.1. The highest BCUT2D eigenvalue weighted by atomic mass is 15.1. The molecule has 0 amide bonds. The zero-order valence-corrected chi connectivity index (χ0v) is 40.2. The average molecular weight is 789 g/mol. The van der Waals surface area contributed by atoms with Crippen LogP contribution in [0.25, 0.3) is 0 Å². The third kappa shape index (κ3) is 50.1. The molecule has 56 heavy (non-hydrogen) atoms. The van der Waals surface area contributed by atoms with Gasteiger partial charge in [-0.15, -0.1) is 0 Å². The number of hydrogen-bond donors (Lipinski definition) is 0. The maximum atomic E-state index is 2.89. The van der Waals surface area contributed by atoms with Gasteiger partial charge < -0.3 is 4.90 Å². The topological polar surface area (TPSA) is 3.24 Å². The predicted octanol–water partition coefficient (Wildman–Crippen LogP) is 20.5. The van der Waals surface area contributed by atoms with E-state index in [1.807, 2.05) is 0 Å². The van der Waals surface area contributed by atoms with Crippen molar-refractivity contribution in [2.75, 3.05) is 19.6 Å². The van der Waals surface area contributed by atoms with E-state index in [2.05, 4.69) is 25.7 Å². The van der Waals surface area contributed by atoms with Crippen molar-refractivity contribution < 1.29 is 0 Å². The first-order valence-corrected chi connectivity index (χ1v) is 27.6. The van der Waals surface area contributed by atoms with Crippen molar-refractivity contribution in [3.63, 3.8) is 0 Å². The molecule has 0 aliphatic rings. The largest absolute Gasteiger partial charge is 0.303 e. The van der Waals surface area contributed by atoms with Gasteiger partial charge in [-0.05, 0) is 38.9 Å². The van der Waals surface area contributed by atoms with Crippen molar-refractivity contribution in [1.82, 2.24) is 4.90 Å². The summed E-state index contributed by atoms with van der Waals surface area (Å²) in [6, 6.07) is 0. The van der Waals surface area contributed by atoms with Crippen LogP contribution in [0, 0.1) is 0 Å². The molecule has 0 N–H and O–H groups in total. The van der Waals surface area contributed by atoms with Gasteiger partial charge in [-0.1, -0.05) is 316 Å². The van der Waals surface area contributed by atoms with Gasteiger partial charge in [-0.3, -0.25) is 0 Å². The summed E-state index contributed by atoms with van der Waals surface area (Å²) < 4.78 is 0. The van der Waals surface area contributed by atoms with Crippen LogP contribution in [0.5, 0.6) is 0 Å². The minimum Gasteiger partial charge on any atom is -0.303 e. The highest BCUT2D eigenvalue weighted by Gasteiger charge is 2.06.